The summed E-state index contributed by atoms with van der Waals surface area (Å²) < 4.78 is 0. The summed E-state index contributed by atoms with van der Waals surface area (Å²) in [5.41, 5.74) is 4.76. The van der Waals surface area contributed by atoms with E-state index in [4.69, 9.17) is 16.1 Å². The quantitative estimate of drug-likeness (QED) is 0.487. The topological polar surface area (TPSA) is 133 Å². The van der Waals surface area contributed by atoms with Gasteiger partial charge in [-0.1, -0.05) is 0 Å². The molecule has 2 amide bonds. The van der Waals surface area contributed by atoms with E-state index in [1.165, 1.54) is 0 Å². The van der Waals surface area contributed by atoms with Crippen LogP contribution < -0.4 is 11.1 Å². The molecule has 14 heavy (non-hydrogen) atoms. The molecule has 1 unspecified atom stereocenters. The zero-order chi connectivity index (χ0) is 11.1. The summed E-state index contributed by atoms with van der Waals surface area (Å²) in [6.07, 6.45) is -0.949. The van der Waals surface area contributed by atoms with Gasteiger partial charge in [0.1, 0.15) is 12.5 Å². The number of hydrogen-bond donors (Lipinski definition) is 3. The van der Waals surface area contributed by atoms with E-state index in [1.807, 2.05) is 5.32 Å². The summed E-state index contributed by atoms with van der Waals surface area (Å²) in [7, 11) is 0. The lowest BCUT2D eigenvalue weighted by atomic mass is 10.2. The van der Waals surface area contributed by atoms with Crippen LogP contribution >= 0.6 is 0 Å². The molecule has 7 nitrogen and oxygen atoms in total. The molecule has 76 valence electrons. The minimum Gasteiger partial charge on any atom is -0.480 e. The van der Waals surface area contributed by atoms with Crippen LogP contribution in [-0.2, 0) is 14.4 Å². The molecule has 0 saturated heterocycles. The molecule has 0 saturated carbocycles. The number of nitrogens with zero attached hydrogens (tertiary/aromatic N) is 1. The molecule has 0 aromatic carbocycles. The molecule has 0 radical (unpaired) electrons. The monoisotopic (exact) mass is 199 g/mol. The Labute approximate surface area is 79.5 Å². The van der Waals surface area contributed by atoms with Crippen LogP contribution in [0.3, 0.4) is 0 Å². The minimum absolute atomic E-state index is 0.456. The fourth-order valence-electron chi connectivity index (χ4n) is 0.718. The van der Waals surface area contributed by atoms with Crippen molar-refractivity contribution in [2.45, 2.75) is 18.9 Å². The predicted molar refractivity (Wildman–Crippen MR) is 43.6 cm³/mol. The Kier molecular flexibility index (Phi) is 4.70. The van der Waals surface area contributed by atoms with Crippen molar-refractivity contribution in [3.05, 3.63) is 0 Å². The van der Waals surface area contributed by atoms with Crippen LogP contribution in [0.15, 0.2) is 0 Å². The van der Waals surface area contributed by atoms with Gasteiger partial charge in [0, 0.05) is 0 Å². The summed E-state index contributed by atoms with van der Waals surface area (Å²) in [5.74, 6) is -2.95. The first-order chi connectivity index (χ1) is 6.47. The zero-order valence-corrected chi connectivity index (χ0v) is 7.19. The molecular weight excluding hydrogens is 190 g/mol. The molecule has 0 rings (SSSR count). The van der Waals surface area contributed by atoms with Crippen molar-refractivity contribution in [2.75, 3.05) is 0 Å². The summed E-state index contributed by atoms with van der Waals surface area (Å²) in [6.45, 7) is 0. The molecule has 1 atom stereocenters. The highest BCUT2D eigenvalue weighted by Crippen LogP contribution is 1.92. The molecular formula is C7H9N3O4. The second kappa shape index (κ2) is 5.53. The first-order valence-electron chi connectivity index (χ1n) is 3.64. The van der Waals surface area contributed by atoms with Crippen LogP contribution in [0, 0.1) is 11.3 Å². The lowest BCUT2D eigenvalue weighted by molar-refractivity contribution is -0.143. The van der Waals surface area contributed by atoms with Crippen LogP contribution in [0.2, 0.25) is 0 Å². The number of nitrogens with one attached hydrogen (secondary N) is 1. The number of carbonyl (C=O) groups is 3. The van der Waals surface area contributed by atoms with Gasteiger partial charge in [-0.3, -0.25) is 9.59 Å². The molecule has 0 spiro atoms. The summed E-state index contributed by atoms with van der Waals surface area (Å²) in [6, 6.07) is 0.177. The SMILES string of the molecule is N#CCC(=O)NC(CC(N)=O)C(=O)O. The van der Waals surface area contributed by atoms with Gasteiger partial charge in [-0.05, 0) is 0 Å². The second-order valence-corrected chi connectivity index (χ2v) is 2.46. The van der Waals surface area contributed by atoms with Gasteiger partial charge in [0.05, 0.1) is 12.5 Å². The van der Waals surface area contributed by atoms with Crippen LogP contribution in [0.1, 0.15) is 12.8 Å². The van der Waals surface area contributed by atoms with Gasteiger partial charge in [-0.15, -0.1) is 0 Å². The highest BCUT2D eigenvalue weighted by atomic mass is 16.4. The predicted octanol–water partition coefficient (Wildman–Crippen LogP) is -1.66. The molecule has 0 aromatic heterocycles. The molecule has 7 heteroatoms. The maximum atomic E-state index is 10.8. The maximum Gasteiger partial charge on any atom is 0.326 e. The maximum absolute atomic E-state index is 10.8. The first-order valence-corrected chi connectivity index (χ1v) is 3.64. The van der Waals surface area contributed by atoms with Crippen LogP contribution in [-0.4, -0.2) is 28.9 Å². The Hall–Kier alpha value is -2.10. The van der Waals surface area contributed by atoms with Crippen molar-refractivity contribution in [1.82, 2.24) is 5.32 Å². The third-order valence-electron chi connectivity index (χ3n) is 1.28. The van der Waals surface area contributed by atoms with Gasteiger partial charge in [0.2, 0.25) is 11.8 Å². The van der Waals surface area contributed by atoms with E-state index in [1.54, 1.807) is 6.07 Å². The van der Waals surface area contributed by atoms with Crippen LogP contribution in [0.5, 0.6) is 0 Å². The standard InChI is InChI=1S/C7H9N3O4/c8-2-1-6(12)10-4(7(13)14)3-5(9)11/h4H,1,3H2,(H2,9,11)(H,10,12)(H,13,14). The zero-order valence-electron chi connectivity index (χ0n) is 7.19. The summed E-state index contributed by atoms with van der Waals surface area (Å²) in [5, 5.41) is 18.6. The normalized spacial score (nSPS) is 11.1. The van der Waals surface area contributed by atoms with Crippen molar-refractivity contribution < 1.29 is 19.5 Å². The van der Waals surface area contributed by atoms with Crippen molar-refractivity contribution in [3.63, 3.8) is 0 Å². The van der Waals surface area contributed by atoms with E-state index in [2.05, 4.69) is 0 Å². The van der Waals surface area contributed by atoms with Crippen molar-refractivity contribution in [2.24, 2.45) is 5.73 Å². The fourth-order valence-corrected chi connectivity index (χ4v) is 0.718. The molecule has 0 bridgehead atoms. The van der Waals surface area contributed by atoms with Gasteiger partial charge in [-0.2, -0.15) is 5.26 Å². The third kappa shape index (κ3) is 4.71. The molecule has 0 heterocycles. The molecule has 0 aliphatic heterocycles. The Bertz CT molecular complexity index is 294. The number of amides is 2. The second-order valence-electron chi connectivity index (χ2n) is 2.46. The molecule has 0 aliphatic rings. The van der Waals surface area contributed by atoms with Crippen molar-refractivity contribution in [3.8, 4) is 6.07 Å². The molecule has 0 fully saturated rings. The van der Waals surface area contributed by atoms with Crippen LogP contribution in [0.25, 0.3) is 0 Å². The van der Waals surface area contributed by atoms with Gasteiger partial charge < -0.3 is 16.2 Å². The number of aliphatic carboxylic acids is 1. The highest BCUT2D eigenvalue weighted by molar-refractivity contribution is 5.88. The van der Waals surface area contributed by atoms with Crippen molar-refractivity contribution in [1.29, 1.82) is 5.26 Å². The molecule has 0 aliphatic carbocycles. The van der Waals surface area contributed by atoms with E-state index < -0.39 is 36.7 Å². The number of rotatable bonds is 5. The average molecular weight is 199 g/mol. The number of carboxylic acid groups (broad SMARTS) is 1. The number of nitrogens with two attached hydrogens (primary N) is 1. The lowest BCUT2D eigenvalue weighted by Gasteiger charge is -2.10. The summed E-state index contributed by atoms with van der Waals surface area (Å²) in [4.78, 5) is 31.7. The fraction of sp³-hybridized carbons (Fsp3) is 0.429. The largest absolute Gasteiger partial charge is 0.480 e. The van der Waals surface area contributed by atoms with E-state index >= 15 is 0 Å². The van der Waals surface area contributed by atoms with Gasteiger partial charge >= 0.3 is 5.97 Å². The average Bonchev–Trinajstić information content (AvgIpc) is 2.02. The Balaban J connectivity index is 4.24. The first kappa shape index (κ1) is 11.9. The molecule has 4 N–H and O–H groups in total. The Morgan fingerprint density at radius 1 is 1.50 bits per heavy atom. The summed E-state index contributed by atoms with van der Waals surface area (Å²) >= 11 is 0. The van der Waals surface area contributed by atoms with Crippen LogP contribution in [0.4, 0.5) is 0 Å². The number of carbonyl (C=O) groups excluding carboxylic acids is 2. The number of nitriles is 1. The minimum atomic E-state index is -1.37. The number of hydrogen-bond acceptors (Lipinski definition) is 4. The smallest absolute Gasteiger partial charge is 0.326 e. The number of primary amides is 1. The van der Waals surface area contributed by atoms with Gasteiger partial charge in [-0.25, -0.2) is 4.79 Å². The number of carboxylic acids is 1. The Morgan fingerprint density at radius 3 is 2.43 bits per heavy atom. The van der Waals surface area contributed by atoms with Gasteiger partial charge in [0.15, 0.2) is 0 Å². The Morgan fingerprint density at radius 2 is 2.07 bits per heavy atom. The van der Waals surface area contributed by atoms with Gasteiger partial charge in [0.25, 0.3) is 0 Å². The van der Waals surface area contributed by atoms with Crippen molar-refractivity contribution >= 4 is 17.8 Å². The van der Waals surface area contributed by atoms with E-state index in [0.29, 0.717) is 0 Å². The van der Waals surface area contributed by atoms with E-state index in [9.17, 15) is 14.4 Å². The van der Waals surface area contributed by atoms with E-state index in [0.717, 1.165) is 0 Å². The highest BCUT2D eigenvalue weighted by Gasteiger charge is 2.21. The van der Waals surface area contributed by atoms with E-state index in [-0.39, 0.29) is 0 Å². The lowest BCUT2D eigenvalue weighted by Crippen LogP contribution is -2.43. The molecule has 0 aromatic rings. The third-order valence-corrected chi connectivity index (χ3v) is 1.28.